The number of hydrogen-bond acceptors (Lipinski definition) is 6. The largest absolute Gasteiger partial charge is 0.496 e. The van der Waals surface area contributed by atoms with Crippen LogP contribution in [0.5, 0.6) is 17.2 Å². The molecule has 2 rings (SSSR count). The Morgan fingerprint density at radius 1 is 1.13 bits per heavy atom. The van der Waals surface area contributed by atoms with Crippen molar-refractivity contribution in [1.29, 1.82) is 0 Å². The Morgan fingerprint density at radius 3 is 2.39 bits per heavy atom. The highest BCUT2D eigenvalue weighted by Crippen LogP contribution is 2.37. The molecule has 2 aromatic rings. The van der Waals surface area contributed by atoms with Gasteiger partial charge in [0.15, 0.2) is 11.5 Å². The van der Waals surface area contributed by atoms with Crippen molar-refractivity contribution in [2.24, 2.45) is 0 Å². The summed E-state index contributed by atoms with van der Waals surface area (Å²) < 4.78 is 15.9. The highest BCUT2D eigenvalue weighted by molar-refractivity contribution is 7.98. The predicted octanol–water partition coefficient (Wildman–Crippen LogP) is 3.10. The van der Waals surface area contributed by atoms with Gasteiger partial charge in [-0.15, -0.1) is 11.8 Å². The zero-order valence-electron chi connectivity index (χ0n) is 13.0. The maximum Gasteiger partial charge on any atom is 0.338 e. The van der Waals surface area contributed by atoms with E-state index in [1.54, 1.807) is 39.7 Å². The molecule has 23 heavy (non-hydrogen) atoms. The first-order valence-corrected chi connectivity index (χ1v) is 7.69. The quantitative estimate of drug-likeness (QED) is 0.779. The second-order valence-electron chi connectivity index (χ2n) is 4.47. The molecule has 1 heterocycles. The van der Waals surface area contributed by atoms with E-state index in [0.29, 0.717) is 28.0 Å². The molecule has 0 spiro atoms. The summed E-state index contributed by atoms with van der Waals surface area (Å²) in [5.41, 5.74) is 1.04. The summed E-state index contributed by atoms with van der Waals surface area (Å²) in [6.45, 7) is 0. The predicted molar refractivity (Wildman–Crippen MR) is 86.9 cm³/mol. The van der Waals surface area contributed by atoms with E-state index in [9.17, 15) is 9.90 Å². The summed E-state index contributed by atoms with van der Waals surface area (Å²) in [7, 11) is 4.68. The first-order chi connectivity index (χ1) is 11.1. The Kier molecular flexibility index (Phi) is 5.70. The highest BCUT2D eigenvalue weighted by atomic mass is 32.2. The van der Waals surface area contributed by atoms with E-state index >= 15 is 0 Å². The van der Waals surface area contributed by atoms with E-state index in [2.05, 4.69) is 4.98 Å². The standard InChI is InChI=1S/C16H17NO5S/c1-20-12-8-14(22-3)13(21-2)7-10(12)9-23-15-11(16(18)19)5-4-6-17-15/h4-8H,9H2,1-3H3,(H,18,19). The van der Waals surface area contributed by atoms with Crippen LogP contribution < -0.4 is 14.2 Å². The first kappa shape index (κ1) is 17.0. The van der Waals surface area contributed by atoms with Crippen molar-refractivity contribution >= 4 is 17.7 Å². The monoisotopic (exact) mass is 335 g/mol. The van der Waals surface area contributed by atoms with Gasteiger partial charge in [-0.25, -0.2) is 9.78 Å². The second kappa shape index (κ2) is 7.73. The van der Waals surface area contributed by atoms with Crippen LogP contribution in [0.3, 0.4) is 0 Å². The van der Waals surface area contributed by atoms with Crippen LogP contribution in [-0.2, 0) is 5.75 Å². The minimum Gasteiger partial charge on any atom is -0.496 e. The molecule has 0 saturated heterocycles. The van der Waals surface area contributed by atoms with Crippen LogP contribution in [-0.4, -0.2) is 37.4 Å². The third kappa shape index (κ3) is 3.87. The molecule has 1 N–H and O–H groups in total. The third-order valence-corrected chi connectivity index (χ3v) is 4.21. The van der Waals surface area contributed by atoms with Crippen LogP contribution in [0.15, 0.2) is 35.5 Å². The molecule has 122 valence electrons. The van der Waals surface area contributed by atoms with Crippen molar-refractivity contribution in [3.8, 4) is 17.2 Å². The highest BCUT2D eigenvalue weighted by Gasteiger charge is 2.15. The van der Waals surface area contributed by atoms with Crippen molar-refractivity contribution in [3.63, 3.8) is 0 Å². The smallest absolute Gasteiger partial charge is 0.338 e. The molecule has 0 aliphatic rings. The fourth-order valence-electron chi connectivity index (χ4n) is 2.02. The van der Waals surface area contributed by atoms with E-state index in [-0.39, 0.29) is 5.56 Å². The number of methoxy groups -OCH3 is 3. The number of aromatic carboxylic acids is 1. The van der Waals surface area contributed by atoms with Gasteiger partial charge in [0.05, 0.1) is 26.9 Å². The average Bonchev–Trinajstić information content (AvgIpc) is 2.59. The number of benzene rings is 1. The molecule has 6 nitrogen and oxygen atoms in total. The van der Waals surface area contributed by atoms with Gasteiger partial charge in [0, 0.05) is 23.6 Å². The van der Waals surface area contributed by atoms with Crippen molar-refractivity contribution in [2.75, 3.05) is 21.3 Å². The fourth-order valence-corrected chi connectivity index (χ4v) is 2.98. The summed E-state index contributed by atoms with van der Waals surface area (Å²) >= 11 is 1.32. The molecule has 0 bridgehead atoms. The SMILES string of the molecule is COc1cc(OC)c(OC)cc1CSc1ncccc1C(=O)O. The third-order valence-electron chi connectivity index (χ3n) is 3.15. The van der Waals surface area contributed by atoms with Gasteiger partial charge in [-0.3, -0.25) is 0 Å². The molecule has 0 unspecified atom stereocenters. The minimum atomic E-state index is -1.00. The molecule has 0 atom stereocenters. The van der Waals surface area contributed by atoms with Crippen LogP contribution >= 0.6 is 11.8 Å². The molecule has 0 fully saturated rings. The van der Waals surface area contributed by atoms with Crippen LogP contribution in [0.2, 0.25) is 0 Å². The lowest BCUT2D eigenvalue weighted by Gasteiger charge is -2.14. The lowest BCUT2D eigenvalue weighted by Crippen LogP contribution is -2.01. The number of nitrogens with zero attached hydrogens (tertiary/aromatic N) is 1. The van der Waals surface area contributed by atoms with Crippen LogP contribution in [0.25, 0.3) is 0 Å². The summed E-state index contributed by atoms with van der Waals surface area (Å²) in [6.07, 6.45) is 1.57. The molecular weight excluding hydrogens is 318 g/mol. The normalized spacial score (nSPS) is 10.2. The van der Waals surface area contributed by atoms with E-state index < -0.39 is 5.97 Å². The number of rotatable bonds is 7. The van der Waals surface area contributed by atoms with Gasteiger partial charge < -0.3 is 19.3 Å². The fraction of sp³-hybridized carbons (Fsp3) is 0.250. The Hall–Kier alpha value is -2.41. The number of carboxylic acids is 1. The number of thioether (sulfide) groups is 1. The zero-order chi connectivity index (χ0) is 16.8. The zero-order valence-corrected chi connectivity index (χ0v) is 13.8. The van der Waals surface area contributed by atoms with Gasteiger partial charge in [-0.2, -0.15) is 0 Å². The lowest BCUT2D eigenvalue weighted by molar-refractivity contribution is 0.0692. The molecular formula is C16H17NO5S. The average molecular weight is 335 g/mol. The number of hydrogen-bond donors (Lipinski definition) is 1. The summed E-state index contributed by atoms with van der Waals surface area (Å²) in [5, 5.41) is 9.65. The molecule has 1 aromatic heterocycles. The van der Waals surface area contributed by atoms with Crippen LogP contribution in [0, 0.1) is 0 Å². The molecule has 0 amide bonds. The van der Waals surface area contributed by atoms with Crippen molar-refractivity contribution < 1.29 is 24.1 Å². The number of carboxylic acid groups (broad SMARTS) is 1. The van der Waals surface area contributed by atoms with Gasteiger partial charge in [0.2, 0.25) is 0 Å². The molecule has 7 heteroatoms. The van der Waals surface area contributed by atoms with Crippen LogP contribution in [0.4, 0.5) is 0 Å². The maximum absolute atomic E-state index is 11.2. The van der Waals surface area contributed by atoms with Gasteiger partial charge >= 0.3 is 5.97 Å². The van der Waals surface area contributed by atoms with E-state index in [1.807, 2.05) is 6.07 Å². The van der Waals surface area contributed by atoms with Gasteiger partial charge in [0.25, 0.3) is 0 Å². The Bertz CT molecular complexity index is 705. The van der Waals surface area contributed by atoms with Gasteiger partial charge in [0.1, 0.15) is 10.8 Å². The molecule has 1 aromatic carbocycles. The number of carbonyl (C=O) groups is 1. The lowest BCUT2D eigenvalue weighted by atomic mass is 10.2. The summed E-state index contributed by atoms with van der Waals surface area (Å²) in [6, 6.07) is 6.69. The first-order valence-electron chi connectivity index (χ1n) is 6.70. The maximum atomic E-state index is 11.2. The van der Waals surface area contributed by atoms with Crippen molar-refractivity contribution in [2.45, 2.75) is 10.8 Å². The minimum absolute atomic E-state index is 0.178. The van der Waals surface area contributed by atoms with Crippen molar-refractivity contribution in [1.82, 2.24) is 4.98 Å². The van der Waals surface area contributed by atoms with Crippen LogP contribution in [0.1, 0.15) is 15.9 Å². The van der Waals surface area contributed by atoms with Gasteiger partial charge in [-0.05, 0) is 18.2 Å². The Balaban J connectivity index is 2.28. The Morgan fingerprint density at radius 2 is 1.78 bits per heavy atom. The molecule has 0 radical (unpaired) electrons. The summed E-state index contributed by atoms with van der Waals surface area (Å²) in [5.74, 6) is 1.29. The molecule has 0 saturated carbocycles. The number of aromatic nitrogens is 1. The Labute approximate surface area is 138 Å². The van der Waals surface area contributed by atoms with E-state index in [0.717, 1.165) is 5.56 Å². The van der Waals surface area contributed by atoms with Crippen molar-refractivity contribution in [3.05, 3.63) is 41.6 Å². The van der Waals surface area contributed by atoms with Gasteiger partial charge in [-0.1, -0.05) is 0 Å². The topological polar surface area (TPSA) is 77.9 Å². The van der Waals surface area contributed by atoms with E-state index in [4.69, 9.17) is 14.2 Å². The number of ether oxygens (including phenoxy) is 3. The second-order valence-corrected chi connectivity index (χ2v) is 5.43. The molecule has 0 aliphatic heterocycles. The molecule has 0 aliphatic carbocycles. The van der Waals surface area contributed by atoms with E-state index in [1.165, 1.54) is 17.8 Å². The summed E-state index contributed by atoms with van der Waals surface area (Å²) in [4.78, 5) is 15.4. The number of pyridine rings is 1.